The smallest absolute Gasteiger partial charge is 0.262 e. The standard InChI is InChI=1S/C35H46O3Si/c1-6-31(19-13-9-7-8-10-18-28-37-29-30-24-26-32(36-5)27-25-30)38-39(35(2,3)4,33-20-14-11-15-21-33)34-22-16-12-17-23-34/h1,11-12,14-17,20-27,31H,7-10,13,18-19,28-29H2,2-5H3. The van der Waals surface area contributed by atoms with E-state index in [9.17, 15) is 0 Å². The highest BCUT2D eigenvalue weighted by atomic mass is 28.4. The zero-order valence-electron chi connectivity index (χ0n) is 24.3. The SMILES string of the molecule is C#CC(CCCCCCCCOCc1ccc(OC)cc1)O[Si](c1ccccc1)(c1ccccc1)C(C)(C)C. The Balaban J connectivity index is 1.45. The van der Waals surface area contributed by atoms with Gasteiger partial charge >= 0.3 is 0 Å². The predicted octanol–water partition coefficient (Wildman–Crippen LogP) is 7.52. The van der Waals surface area contributed by atoms with Crippen molar-refractivity contribution in [2.24, 2.45) is 0 Å². The molecule has 0 N–H and O–H groups in total. The van der Waals surface area contributed by atoms with Gasteiger partial charge in [0, 0.05) is 6.61 Å². The minimum Gasteiger partial charge on any atom is -0.497 e. The third-order valence-electron chi connectivity index (χ3n) is 7.35. The number of ether oxygens (including phenoxy) is 2. The molecule has 0 saturated heterocycles. The van der Waals surface area contributed by atoms with Gasteiger partial charge in [-0.15, -0.1) is 6.42 Å². The molecule has 4 heteroatoms. The van der Waals surface area contributed by atoms with Crippen LogP contribution >= 0.6 is 0 Å². The van der Waals surface area contributed by atoms with Gasteiger partial charge in [0.25, 0.3) is 8.32 Å². The molecular weight excluding hydrogens is 496 g/mol. The van der Waals surface area contributed by atoms with Crippen LogP contribution < -0.4 is 15.1 Å². The Labute approximate surface area is 238 Å². The van der Waals surface area contributed by atoms with Crippen LogP contribution in [-0.4, -0.2) is 28.1 Å². The van der Waals surface area contributed by atoms with E-state index in [1.165, 1.54) is 41.6 Å². The van der Waals surface area contributed by atoms with Crippen LogP contribution in [0, 0.1) is 12.3 Å². The summed E-state index contributed by atoms with van der Waals surface area (Å²) >= 11 is 0. The molecule has 3 aromatic carbocycles. The molecule has 0 heterocycles. The molecule has 39 heavy (non-hydrogen) atoms. The lowest BCUT2D eigenvalue weighted by Gasteiger charge is -2.44. The average Bonchev–Trinajstić information content (AvgIpc) is 2.96. The summed E-state index contributed by atoms with van der Waals surface area (Å²) in [6.45, 7) is 8.36. The van der Waals surface area contributed by atoms with Gasteiger partial charge < -0.3 is 13.9 Å². The molecule has 0 radical (unpaired) electrons. The fourth-order valence-corrected chi connectivity index (χ4v) is 9.86. The van der Waals surface area contributed by atoms with Crippen LogP contribution in [0.15, 0.2) is 84.9 Å². The van der Waals surface area contributed by atoms with Crippen LogP contribution in [0.4, 0.5) is 0 Å². The van der Waals surface area contributed by atoms with Crippen molar-refractivity contribution in [3.8, 4) is 18.1 Å². The van der Waals surface area contributed by atoms with Gasteiger partial charge in [0.1, 0.15) is 11.9 Å². The molecule has 0 bridgehead atoms. The van der Waals surface area contributed by atoms with E-state index in [0.29, 0.717) is 6.61 Å². The number of benzene rings is 3. The first kappa shape index (κ1) is 30.7. The normalized spacial score (nSPS) is 12.6. The van der Waals surface area contributed by atoms with E-state index >= 15 is 0 Å². The second-order valence-corrected chi connectivity index (χ2v) is 15.5. The van der Waals surface area contributed by atoms with E-state index in [1.54, 1.807) is 7.11 Å². The summed E-state index contributed by atoms with van der Waals surface area (Å²) in [6.07, 6.45) is 13.8. The lowest BCUT2D eigenvalue weighted by Crippen LogP contribution is -2.67. The molecule has 3 rings (SSSR count). The molecule has 0 saturated carbocycles. The van der Waals surface area contributed by atoms with Gasteiger partial charge in [0.2, 0.25) is 0 Å². The van der Waals surface area contributed by atoms with Crippen molar-refractivity contribution in [3.05, 3.63) is 90.5 Å². The summed E-state index contributed by atoms with van der Waals surface area (Å²) in [4.78, 5) is 0. The number of unbranched alkanes of at least 4 members (excludes halogenated alkanes) is 5. The summed E-state index contributed by atoms with van der Waals surface area (Å²) in [7, 11) is -0.935. The van der Waals surface area contributed by atoms with Gasteiger partial charge in [-0.1, -0.05) is 125 Å². The monoisotopic (exact) mass is 542 g/mol. The summed E-state index contributed by atoms with van der Waals surface area (Å²) in [5.41, 5.74) is 1.18. The van der Waals surface area contributed by atoms with Crippen LogP contribution in [0.3, 0.4) is 0 Å². The second-order valence-electron chi connectivity index (χ2n) is 11.2. The zero-order valence-corrected chi connectivity index (χ0v) is 25.3. The molecular formula is C35H46O3Si. The molecule has 0 fully saturated rings. The van der Waals surface area contributed by atoms with E-state index in [-0.39, 0.29) is 11.1 Å². The highest BCUT2D eigenvalue weighted by Gasteiger charge is 2.51. The molecule has 1 unspecified atom stereocenters. The Kier molecular flexibility index (Phi) is 12.3. The van der Waals surface area contributed by atoms with Crippen molar-refractivity contribution in [3.63, 3.8) is 0 Å². The van der Waals surface area contributed by atoms with E-state index < -0.39 is 8.32 Å². The fourth-order valence-electron chi connectivity index (χ4n) is 5.23. The lowest BCUT2D eigenvalue weighted by molar-refractivity contribution is 0.116. The Morgan fingerprint density at radius 1 is 0.744 bits per heavy atom. The number of methoxy groups -OCH3 is 1. The van der Waals surface area contributed by atoms with E-state index in [0.717, 1.165) is 31.6 Å². The summed E-state index contributed by atoms with van der Waals surface area (Å²) in [5, 5.41) is 2.48. The molecule has 0 amide bonds. The largest absolute Gasteiger partial charge is 0.497 e. The van der Waals surface area contributed by atoms with Crippen LogP contribution in [-0.2, 0) is 15.8 Å². The zero-order chi connectivity index (χ0) is 28.0. The molecule has 0 spiro atoms. The van der Waals surface area contributed by atoms with Gasteiger partial charge in [-0.05, 0) is 52.4 Å². The summed E-state index contributed by atoms with van der Waals surface area (Å²) in [5.74, 6) is 3.88. The van der Waals surface area contributed by atoms with Crippen LogP contribution in [0.25, 0.3) is 0 Å². The van der Waals surface area contributed by atoms with E-state index in [2.05, 4.69) is 99.5 Å². The first-order chi connectivity index (χ1) is 18.9. The summed E-state index contributed by atoms with van der Waals surface area (Å²) < 4.78 is 18.2. The number of rotatable bonds is 16. The van der Waals surface area contributed by atoms with Crippen molar-refractivity contribution in [2.45, 2.75) is 83.5 Å². The molecule has 0 aromatic heterocycles. The van der Waals surface area contributed by atoms with Crippen molar-refractivity contribution < 1.29 is 13.9 Å². The minimum absolute atomic E-state index is 0.0692. The van der Waals surface area contributed by atoms with Crippen molar-refractivity contribution in [2.75, 3.05) is 13.7 Å². The van der Waals surface area contributed by atoms with Gasteiger partial charge in [-0.3, -0.25) is 0 Å². The second kappa shape index (κ2) is 15.7. The van der Waals surface area contributed by atoms with Gasteiger partial charge in [-0.25, -0.2) is 0 Å². The Hall–Kier alpha value is -2.84. The average molecular weight is 543 g/mol. The molecule has 1 atom stereocenters. The third-order valence-corrected chi connectivity index (χ3v) is 12.4. The maximum Gasteiger partial charge on any atom is 0.262 e. The number of terminal acetylenes is 1. The molecule has 208 valence electrons. The first-order valence-corrected chi connectivity index (χ1v) is 16.3. The molecule has 0 aliphatic carbocycles. The fraction of sp³-hybridized carbons (Fsp3) is 0.429. The van der Waals surface area contributed by atoms with E-state index in [1.807, 2.05) is 12.1 Å². The quantitative estimate of drug-likeness (QED) is 0.106. The third kappa shape index (κ3) is 8.83. The van der Waals surface area contributed by atoms with Crippen molar-refractivity contribution >= 4 is 18.7 Å². The first-order valence-electron chi connectivity index (χ1n) is 14.4. The van der Waals surface area contributed by atoms with Gasteiger partial charge in [0.05, 0.1) is 13.7 Å². The van der Waals surface area contributed by atoms with Crippen molar-refractivity contribution in [1.29, 1.82) is 0 Å². The molecule has 3 nitrogen and oxygen atoms in total. The summed E-state index contributed by atoms with van der Waals surface area (Å²) in [6, 6.07) is 29.5. The maximum atomic E-state index is 7.12. The molecule has 3 aromatic rings. The Bertz CT molecular complexity index is 1080. The number of hydrogen-bond acceptors (Lipinski definition) is 3. The molecule has 0 aliphatic rings. The van der Waals surface area contributed by atoms with Crippen LogP contribution in [0.2, 0.25) is 5.04 Å². The predicted molar refractivity (Wildman–Crippen MR) is 166 cm³/mol. The van der Waals surface area contributed by atoms with Gasteiger partial charge in [-0.2, -0.15) is 0 Å². The van der Waals surface area contributed by atoms with Gasteiger partial charge in [0.15, 0.2) is 0 Å². The topological polar surface area (TPSA) is 27.7 Å². The number of hydrogen-bond donors (Lipinski definition) is 0. The van der Waals surface area contributed by atoms with E-state index in [4.69, 9.17) is 20.3 Å². The van der Waals surface area contributed by atoms with Crippen LogP contribution in [0.1, 0.15) is 71.3 Å². The lowest BCUT2D eigenvalue weighted by atomic mass is 10.1. The van der Waals surface area contributed by atoms with Crippen molar-refractivity contribution in [1.82, 2.24) is 0 Å². The Morgan fingerprint density at radius 3 is 1.79 bits per heavy atom. The maximum absolute atomic E-state index is 7.12. The highest BCUT2D eigenvalue weighted by Crippen LogP contribution is 2.38. The minimum atomic E-state index is -2.62. The Morgan fingerprint density at radius 2 is 1.28 bits per heavy atom. The molecule has 0 aliphatic heterocycles. The van der Waals surface area contributed by atoms with Crippen LogP contribution in [0.5, 0.6) is 5.75 Å². The highest BCUT2D eigenvalue weighted by molar-refractivity contribution is 6.99.